The van der Waals surface area contributed by atoms with Crippen molar-refractivity contribution in [2.45, 2.75) is 18.6 Å². The van der Waals surface area contributed by atoms with E-state index < -0.39 is 15.1 Å². The summed E-state index contributed by atoms with van der Waals surface area (Å²) in [6, 6.07) is 0. The minimum atomic E-state index is -3.38. The van der Waals surface area contributed by atoms with Crippen molar-refractivity contribution in [3.63, 3.8) is 0 Å². The van der Waals surface area contributed by atoms with E-state index in [1.54, 1.807) is 4.90 Å². The number of carbonyl (C=O) groups is 1. The van der Waals surface area contributed by atoms with Crippen LogP contribution < -0.4 is 5.73 Å². The molecule has 0 aromatic rings. The lowest BCUT2D eigenvalue weighted by Gasteiger charge is -2.29. The number of hydrogen-bond donors (Lipinski definition) is 1. The van der Waals surface area contributed by atoms with Gasteiger partial charge in [-0.25, -0.2) is 8.42 Å². The van der Waals surface area contributed by atoms with Crippen molar-refractivity contribution in [1.29, 1.82) is 0 Å². The first-order valence-corrected chi connectivity index (χ1v) is 7.48. The molecule has 1 fully saturated rings. The number of nitrogens with zero attached hydrogens (tertiary/aromatic N) is 1. The van der Waals surface area contributed by atoms with Crippen LogP contribution in [0.5, 0.6) is 0 Å². The second-order valence-electron chi connectivity index (χ2n) is 4.09. The smallest absolute Gasteiger partial charge is 0.240 e. The zero-order chi connectivity index (χ0) is 12.9. The van der Waals surface area contributed by atoms with E-state index in [0.717, 1.165) is 0 Å². The molecule has 0 saturated carbocycles. The SMILES string of the molecule is CC(C(=O)N1CCOCC1)S(=O)(=O)CCCN. The topological polar surface area (TPSA) is 89.7 Å². The fourth-order valence-corrected chi connectivity index (χ4v) is 3.03. The van der Waals surface area contributed by atoms with Crippen LogP contribution in [0.25, 0.3) is 0 Å². The Bertz CT molecular complexity index is 349. The van der Waals surface area contributed by atoms with E-state index in [9.17, 15) is 13.2 Å². The zero-order valence-corrected chi connectivity index (χ0v) is 10.9. The minimum absolute atomic E-state index is 0.0270. The van der Waals surface area contributed by atoms with E-state index in [1.807, 2.05) is 0 Å². The summed E-state index contributed by atoms with van der Waals surface area (Å²) in [6.07, 6.45) is 0.392. The van der Waals surface area contributed by atoms with Gasteiger partial charge in [0.2, 0.25) is 5.91 Å². The lowest BCUT2D eigenvalue weighted by atomic mass is 10.3. The predicted octanol–water partition coefficient (Wildman–Crippen LogP) is -1.00. The van der Waals surface area contributed by atoms with Gasteiger partial charge in [-0.3, -0.25) is 4.79 Å². The molecule has 6 nitrogen and oxygen atoms in total. The molecule has 0 radical (unpaired) electrons. The maximum Gasteiger partial charge on any atom is 0.240 e. The number of nitrogens with two attached hydrogens (primary N) is 1. The Balaban J connectivity index is 2.61. The largest absolute Gasteiger partial charge is 0.378 e. The monoisotopic (exact) mass is 264 g/mol. The van der Waals surface area contributed by atoms with Gasteiger partial charge in [0.05, 0.1) is 19.0 Å². The third kappa shape index (κ3) is 3.93. The van der Waals surface area contributed by atoms with Gasteiger partial charge in [0.15, 0.2) is 9.84 Å². The molecule has 1 atom stereocenters. The van der Waals surface area contributed by atoms with Gasteiger partial charge in [0.1, 0.15) is 5.25 Å². The van der Waals surface area contributed by atoms with Crippen molar-refractivity contribution in [2.75, 3.05) is 38.6 Å². The summed E-state index contributed by atoms with van der Waals surface area (Å²) in [6.45, 7) is 3.65. The van der Waals surface area contributed by atoms with E-state index in [4.69, 9.17) is 10.5 Å². The van der Waals surface area contributed by atoms with Gasteiger partial charge in [-0.2, -0.15) is 0 Å². The van der Waals surface area contributed by atoms with Gasteiger partial charge < -0.3 is 15.4 Å². The first-order valence-electron chi connectivity index (χ1n) is 5.77. The molecule has 1 unspecified atom stereocenters. The molecule has 0 bridgehead atoms. The molecular weight excluding hydrogens is 244 g/mol. The molecule has 1 saturated heterocycles. The Morgan fingerprint density at radius 3 is 2.53 bits per heavy atom. The molecule has 0 aromatic carbocycles. The molecule has 7 heteroatoms. The van der Waals surface area contributed by atoms with Crippen LogP contribution in [0.1, 0.15) is 13.3 Å². The van der Waals surface area contributed by atoms with Gasteiger partial charge in [-0.15, -0.1) is 0 Å². The normalized spacial score (nSPS) is 19.1. The molecule has 1 rings (SSSR count). The molecule has 0 aromatic heterocycles. The molecule has 1 heterocycles. The molecule has 0 aliphatic carbocycles. The van der Waals surface area contributed by atoms with Crippen molar-refractivity contribution in [3.8, 4) is 0 Å². The van der Waals surface area contributed by atoms with Crippen LogP contribution in [0.3, 0.4) is 0 Å². The molecule has 17 heavy (non-hydrogen) atoms. The highest BCUT2D eigenvalue weighted by atomic mass is 32.2. The van der Waals surface area contributed by atoms with Gasteiger partial charge in [0, 0.05) is 13.1 Å². The van der Waals surface area contributed by atoms with Crippen molar-refractivity contribution in [2.24, 2.45) is 5.73 Å². The van der Waals surface area contributed by atoms with Crippen molar-refractivity contribution < 1.29 is 17.9 Å². The Morgan fingerprint density at radius 1 is 1.41 bits per heavy atom. The Morgan fingerprint density at radius 2 is 2.00 bits per heavy atom. The fraction of sp³-hybridized carbons (Fsp3) is 0.900. The molecule has 1 amide bonds. The molecule has 1 aliphatic heterocycles. The molecule has 1 aliphatic rings. The second kappa shape index (κ2) is 6.32. The van der Waals surface area contributed by atoms with Crippen molar-refractivity contribution in [1.82, 2.24) is 4.90 Å². The molecule has 2 N–H and O–H groups in total. The highest BCUT2D eigenvalue weighted by Gasteiger charge is 2.31. The minimum Gasteiger partial charge on any atom is -0.378 e. The van der Waals surface area contributed by atoms with Crippen LogP contribution in [-0.4, -0.2) is 63.1 Å². The highest BCUT2D eigenvalue weighted by molar-refractivity contribution is 7.92. The number of sulfone groups is 1. The molecule has 0 spiro atoms. The summed E-state index contributed by atoms with van der Waals surface area (Å²) in [5, 5.41) is -0.979. The van der Waals surface area contributed by atoms with Crippen LogP contribution >= 0.6 is 0 Å². The lowest BCUT2D eigenvalue weighted by molar-refractivity contribution is -0.134. The molecular formula is C10H20N2O4S. The van der Waals surface area contributed by atoms with E-state index in [0.29, 0.717) is 39.3 Å². The second-order valence-corrected chi connectivity index (χ2v) is 6.53. The summed E-state index contributed by atoms with van der Waals surface area (Å²) in [7, 11) is -3.38. The number of carbonyl (C=O) groups excluding carboxylic acids is 1. The Kier molecular flexibility index (Phi) is 5.35. The van der Waals surface area contributed by atoms with Crippen molar-refractivity contribution >= 4 is 15.7 Å². The Labute approximate surface area is 102 Å². The summed E-state index contributed by atoms with van der Waals surface area (Å²) in [4.78, 5) is 13.5. The van der Waals surface area contributed by atoms with Gasteiger partial charge in [-0.05, 0) is 19.9 Å². The zero-order valence-electron chi connectivity index (χ0n) is 10.1. The van der Waals surface area contributed by atoms with E-state index in [1.165, 1.54) is 6.92 Å². The third-order valence-corrected chi connectivity index (χ3v) is 4.98. The number of ether oxygens (including phenoxy) is 1. The highest BCUT2D eigenvalue weighted by Crippen LogP contribution is 2.09. The summed E-state index contributed by atoms with van der Waals surface area (Å²) in [5.74, 6) is -0.355. The van der Waals surface area contributed by atoms with E-state index >= 15 is 0 Å². The first-order chi connectivity index (χ1) is 7.99. The van der Waals surface area contributed by atoms with Crippen LogP contribution in [0.2, 0.25) is 0 Å². The van der Waals surface area contributed by atoms with E-state index in [-0.39, 0.29) is 11.7 Å². The van der Waals surface area contributed by atoms with Crippen LogP contribution in [-0.2, 0) is 19.4 Å². The summed E-state index contributed by atoms with van der Waals surface area (Å²) >= 11 is 0. The Hall–Kier alpha value is -0.660. The maximum atomic E-state index is 12.0. The van der Waals surface area contributed by atoms with Crippen LogP contribution in [0.15, 0.2) is 0 Å². The number of hydrogen-bond acceptors (Lipinski definition) is 5. The summed E-state index contributed by atoms with van der Waals surface area (Å²) in [5.41, 5.74) is 5.28. The average molecular weight is 264 g/mol. The summed E-state index contributed by atoms with van der Waals surface area (Å²) < 4.78 is 28.8. The fourth-order valence-electron chi connectivity index (χ4n) is 1.66. The lowest BCUT2D eigenvalue weighted by Crippen LogP contribution is -2.47. The quantitative estimate of drug-likeness (QED) is 0.687. The van der Waals surface area contributed by atoms with Crippen molar-refractivity contribution in [3.05, 3.63) is 0 Å². The van der Waals surface area contributed by atoms with Gasteiger partial charge in [0.25, 0.3) is 0 Å². The van der Waals surface area contributed by atoms with E-state index in [2.05, 4.69) is 0 Å². The molecule has 100 valence electrons. The predicted molar refractivity (Wildman–Crippen MR) is 64.3 cm³/mol. The van der Waals surface area contributed by atoms with Gasteiger partial charge >= 0.3 is 0 Å². The number of morpholine rings is 1. The number of rotatable bonds is 5. The van der Waals surface area contributed by atoms with Gasteiger partial charge in [-0.1, -0.05) is 0 Å². The standard InChI is InChI=1S/C10H20N2O4S/c1-9(17(14,15)8-2-3-11)10(13)12-4-6-16-7-5-12/h9H,2-8,11H2,1H3. The number of amides is 1. The average Bonchev–Trinajstić information content (AvgIpc) is 2.35. The first kappa shape index (κ1) is 14.4. The maximum absolute atomic E-state index is 12.0. The third-order valence-electron chi connectivity index (χ3n) is 2.84. The van der Waals surface area contributed by atoms with Crippen LogP contribution in [0, 0.1) is 0 Å². The van der Waals surface area contributed by atoms with Crippen LogP contribution in [0.4, 0.5) is 0 Å².